The molecule has 0 aliphatic heterocycles. The van der Waals surface area contributed by atoms with Crippen molar-refractivity contribution < 1.29 is 4.79 Å². The molecule has 0 atom stereocenters. The minimum atomic E-state index is -0.148. The van der Waals surface area contributed by atoms with Gasteiger partial charge in [-0.2, -0.15) is 10.2 Å². The first-order valence-electron chi connectivity index (χ1n) is 4.53. The highest BCUT2D eigenvalue weighted by Gasteiger charge is 2.05. The summed E-state index contributed by atoms with van der Waals surface area (Å²) in [4.78, 5) is 11.5. The number of hydrogen-bond donors (Lipinski definition) is 2. The number of carbonyl (C=O) groups excluding carboxylic acids is 1. The van der Waals surface area contributed by atoms with E-state index in [1.165, 1.54) is 0 Å². The number of carbonyl (C=O) groups is 1. The molecule has 0 aliphatic carbocycles. The zero-order valence-electron chi connectivity index (χ0n) is 8.27. The van der Waals surface area contributed by atoms with Crippen molar-refractivity contribution in [1.82, 2.24) is 20.0 Å². The highest BCUT2D eigenvalue weighted by atomic mass is 16.2. The van der Waals surface area contributed by atoms with E-state index in [1.807, 2.05) is 6.92 Å². The Morgan fingerprint density at radius 2 is 2.53 bits per heavy atom. The van der Waals surface area contributed by atoms with E-state index in [0.29, 0.717) is 5.82 Å². The molecule has 0 bridgehead atoms. The topological polar surface area (TPSA) is 75.6 Å². The highest BCUT2D eigenvalue weighted by molar-refractivity contribution is 5.89. The van der Waals surface area contributed by atoms with Gasteiger partial charge < -0.3 is 5.32 Å². The third kappa shape index (κ3) is 2.43. The molecule has 2 N–H and O–H groups in total. The number of H-pyrrole nitrogens is 1. The lowest BCUT2D eigenvalue weighted by molar-refractivity contribution is -0.116. The molecule has 0 aliphatic rings. The van der Waals surface area contributed by atoms with Crippen LogP contribution >= 0.6 is 0 Å². The zero-order chi connectivity index (χ0) is 10.7. The van der Waals surface area contributed by atoms with Crippen LogP contribution in [0.25, 0.3) is 0 Å². The maximum Gasteiger partial charge on any atom is 0.247 e. The molecule has 2 aromatic rings. The molecule has 0 unspecified atom stereocenters. The fraction of sp³-hybridized carbons (Fsp3) is 0.222. The van der Waals surface area contributed by atoms with Crippen LogP contribution in [0.5, 0.6) is 0 Å². The molecule has 0 saturated carbocycles. The van der Waals surface area contributed by atoms with Crippen LogP contribution in [0.15, 0.2) is 24.5 Å². The Morgan fingerprint density at radius 1 is 1.67 bits per heavy atom. The Labute approximate surface area is 86.3 Å². The van der Waals surface area contributed by atoms with Gasteiger partial charge in [-0.3, -0.25) is 14.6 Å². The van der Waals surface area contributed by atoms with Crippen molar-refractivity contribution in [2.75, 3.05) is 5.32 Å². The molecule has 0 radical (unpaired) electrons. The number of nitrogens with one attached hydrogen (secondary N) is 2. The van der Waals surface area contributed by atoms with Gasteiger partial charge in [-0.1, -0.05) is 0 Å². The summed E-state index contributed by atoms with van der Waals surface area (Å²) in [5, 5.41) is 13.2. The van der Waals surface area contributed by atoms with Crippen molar-refractivity contribution in [3.05, 3.63) is 30.2 Å². The van der Waals surface area contributed by atoms with E-state index >= 15 is 0 Å². The van der Waals surface area contributed by atoms with Crippen molar-refractivity contribution >= 4 is 11.7 Å². The fourth-order valence-electron chi connectivity index (χ4n) is 1.21. The van der Waals surface area contributed by atoms with Crippen LogP contribution in [0.3, 0.4) is 0 Å². The van der Waals surface area contributed by atoms with Crippen LogP contribution < -0.4 is 5.32 Å². The molecule has 15 heavy (non-hydrogen) atoms. The third-order valence-corrected chi connectivity index (χ3v) is 1.84. The summed E-state index contributed by atoms with van der Waals surface area (Å²) in [5.74, 6) is 0.384. The number of rotatable bonds is 3. The Morgan fingerprint density at radius 3 is 3.13 bits per heavy atom. The Balaban J connectivity index is 1.93. The van der Waals surface area contributed by atoms with Gasteiger partial charge in [0.25, 0.3) is 0 Å². The van der Waals surface area contributed by atoms with Gasteiger partial charge in [-0.05, 0) is 13.0 Å². The summed E-state index contributed by atoms with van der Waals surface area (Å²) in [5.41, 5.74) is 0.907. The molecule has 2 aromatic heterocycles. The lowest BCUT2D eigenvalue weighted by Crippen LogP contribution is -2.19. The Bertz CT molecular complexity index is 445. The number of aromatic nitrogens is 4. The van der Waals surface area contributed by atoms with Gasteiger partial charge in [0, 0.05) is 24.2 Å². The van der Waals surface area contributed by atoms with Crippen LogP contribution in [0.2, 0.25) is 0 Å². The van der Waals surface area contributed by atoms with Crippen molar-refractivity contribution in [2.45, 2.75) is 13.5 Å². The van der Waals surface area contributed by atoms with E-state index in [2.05, 4.69) is 20.6 Å². The molecule has 6 heteroatoms. The summed E-state index contributed by atoms with van der Waals surface area (Å²) in [7, 11) is 0. The van der Waals surface area contributed by atoms with Gasteiger partial charge in [0.05, 0.1) is 0 Å². The second kappa shape index (κ2) is 3.95. The number of aromatic amines is 1. The van der Waals surface area contributed by atoms with Gasteiger partial charge in [-0.15, -0.1) is 0 Å². The molecule has 0 spiro atoms. The summed E-state index contributed by atoms with van der Waals surface area (Å²) < 4.78 is 1.55. The molecule has 0 aromatic carbocycles. The third-order valence-electron chi connectivity index (χ3n) is 1.84. The standard InChI is InChI=1S/C9H11N5O/c1-7-5-8(13-12-7)11-9(15)6-14-4-2-3-10-14/h2-5H,6H2,1H3,(H2,11,12,13,15). The first kappa shape index (κ1) is 9.45. The van der Waals surface area contributed by atoms with Crippen LogP contribution in [-0.4, -0.2) is 25.9 Å². The number of anilines is 1. The number of amides is 1. The second-order valence-corrected chi connectivity index (χ2v) is 3.19. The van der Waals surface area contributed by atoms with Crippen LogP contribution in [0.4, 0.5) is 5.82 Å². The first-order chi connectivity index (χ1) is 7.24. The normalized spacial score (nSPS) is 10.2. The van der Waals surface area contributed by atoms with E-state index in [1.54, 1.807) is 29.2 Å². The Kier molecular flexibility index (Phi) is 2.49. The highest BCUT2D eigenvalue weighted by Crippen LogP contribution is 2.03. The molecule has 2 rings (SSSR count). The number of aryl methyl sites for hydroxylation is 1. The molecule has 1 amide bonds. The quantitative estimate of drug-likeness (QED) is 0.768. The van der Waals surface area contributed by atoms with Gasteiger partial charge in [0.2, 0.25) is 5.91 Å². The van der Waals surface area contributed by atoms with Crippen LogP contribution in [0, 0.1) is 6.92 Å². The molecule has 6 nitrogen and oxygen atoms in total. The van der Waals surface area contributed by atoms with E-state index in [0.717, 1.165) is 5.69 Å². The smallest absolute Gasteiger partial charge is 0.247 e. The lowest BCUT2D eigenvalue weighted by Gasteiger charge is -2.01. The largest absolute Gasteiger partial charge is 0.308 e. The van der Waals surface area contributed by atoms with E-state index in [-0.39, 0.29) is 12.5 Å². The van der Waals surface area contributed by atoms with Crippen LogP contribution in [0.1, 0.15) is 5.69 Å². The molecule has 78 valence electrons. The second-order valence-electron chi connectivity index (χ2n) is 3.19. The van der Waals surface area contributed by atoms with Gasteiger partial charge in [0.1, 0.15) is 6.54 Å². The summed E-state index contributed by atoms with van der Waals surface area (Å²) in [6, 6.07) is 3.53. The number of nitrogens with zero attached hydrogens (tertiary/aromatic N) is 3. The van der Waals surface area contributed by atoms with Crippen molar-refractivity contribution in [1.29, 1.82) is 0 Å². The number of hydrogen-bond acceptors (Lipinski definition) is 3. The zero-order valence-corrected chi connectivity index (χ0v) is 8.27. The molecule has 0 fully saturated rings. The van der Waals surface area contributed by atoms with E-state index < -0.39 is 0 Å². The molecule has 2 heterocycles. The predicted molar refractivity (Wildman–Crippen MR) is 54.2 cm³/mol. The maximum absolute atomic E-state index is 11.5. The average molecular weight is 205 g/mol. The lowest BCUT2D eigenvalue weighted by atomic mass is 10.4. The minimum absolute atomic E-state index is 0.148. The predicted octanol–water partition coefficient (Wildman–Crippen LogP) is 0.553. The maximum atomic E-state index is 11.5. The summed E-state index contributed by atoms with van der Waals surface area (Å²) in [6.07, 6.45) is 3.36. The fourth-order valence-corrected chi connectivity index (χ4v) is 1.21. The molecular weight excluding hydrogens is 194 g/mol. The first-order valence-corrected chi connectivity index (χ1v) is 4.53. The van der Waals surface area contributed by atoms with E-state index in [9.17, 15) is 4.79 Å². The van der Waals surface area contributed by atoms with Gasteiger partial charge in [-0.25, -0.2) is 0 Å². The summed E-state index contributed by atoms with van der Waals surface area (Å²) in [6.45, 7) is 2.06. The van der Waals surface area contributed by atoms with Gasteiger partial charge >= 0.3 is 0 Å². The van der Waals surface area contributed by atoms with E-state index in [4.69, 9.17) is 0 Å². The summed E-state index contributed by atoms with van der Waals surface area (Å²) >= 11 is 0. The van der Waals surface area contributed by atoms with Crippen molar-refractivity contribution in [2.24, 2.45) is 0 Å². The van der Waals surface area contributed by atoms with Crippen molar-refractivity contribution in [3.8, 4) is 0 Å². The minimum Gasteiger partial charge on any atom is -0.308 e. The SMILES string of the molecule is Cc1cc(NC(=O)Cn2cccn2)n[nH]1. The van der Waals surface area contributed by atoms with Crippen LogP contribution in [-0.2, 0) is 11.3 Å². The molecular formula is C9H11N5O. The average Bonchev–Trinajstić information content (AvgIpc) is 2.77. The van der Waals surface area contributed by atoms with Gasteiger partial charge in [0.15, 0.2) is 5.82 Å². The van der Waals surface area contributed by atoms with Crippen molar-refractivity contribution in [3.63, 3.8) is 0 Å². The monoisotopic (exact) mass is 205 g/mol. The Hall–Kier alpha value is -2.11. The molecule has 0 saturated heterocycles.